The molecule has 32 heavy (non-hydrogen) atoms. The number of hydrogen-bond donors (Lipinski definition) is 1. The summed E-state index contributed by atoms with van der Waals surface area (Å²) in [6.07, 6.45) is 3.66. The Morgan fingerprint density at radius 1 is 1.12 bits per heavy atom. The molecule has 4 nitrogen and oxygen atoms in total. The lowest BCUT2D eigenvalue weighted by atomic mass is 9.77. The first-order valence-corrected chi connectivity index (χ1v) is 11.3. The zero-order valence-corrected chi connectivity index (χ0v) is 18.8. The summed E-state index contributed by atoms with van der Waals surface area (Å²) in [5.74, 6) is -0.244. The summed E-state index contributed by atoms with van der Waals surface area (Å²) in [5, 5.41) is 3.19. The van der Waals surface area contributed by atoms with E-state index in [1.807, 2.05) is 57.2 Å². The van der Waals surface area contributed by atoms with Gasteiger partial charge in [-0.2, -0.15) is 0 Å². The van der Waals surface area contributed by atoms with Crippen LogP contribution in [0.2, 0.25) is 0 Å². The normalized spacial score (nSPS) is 14.6. The maximum absolute atomic E-state index is 13.9. The molecule has 1 heterocycles. The molecule has 5 heteroatoms. The molecule has 1 amide bonds. The van der Waals surface area contributed by atoms with E-state index in [4.69, 9.17) is 0 Å². The molecule has 0 spiro atoms. The third-order valence-electron chi connectivity index (χ3n) is 6.70. The number of amides is 1. The highest BCUT2D eigenvalue weighted by Crippen LogP contribution is 2.38. The van der Waals surface area contributed by atoms with Crippen LogP contribution in [0.15, 0.2) is 59.4 Å². The zero-order chi connectivity index (χ0) is 22.8. The van der Waals surface area contributed by atoms with Crippen LogP contribution in [0.5, 0.6) is 0 Å². The Morgan fingerprint density at radius 3 is 2.44 bits per heavy atom. The van der Waals surface area contributed by atoms with Gasteiger partial charge in [0.25, 0.3) is 11.5 Å². The molecule has 0 radical (unpaired) electrons. The third kappa shape index (κ3) is 3.99. The maximum atomic E-state index is 13.9. The molecule has 4 rings (SSSR count). The van der Waals surface area contributed by atoms with Gasteiger partial charge in [-0.25, -0.2) is 4.39 Å². The van der Waals surface area contributed by atoms with Crippen LogP contribution in [0.1, 0.15) is 65.0 Å². The zero-order valence-electron chi connectivity index (χ0n) is 18.8. The largest absolute Gasteiger partial charge is 0.345 e. The summed E-state index contributed by atoms with van der Waals surface area (Å²) in [5.41, 5.74) is 3.91. The minimum Gasteiger partial charge on any atom is -0.345 e. The molecule has 0 saturated heterocycles. The van der Waals surface area contributed by atoms with Gasteiger partial charge in [0, 0.05) is 16.9 Å². The van der Waals surface area contributed by atoms with Gasteiger partial charge >= 0.3 is 0 Å². The number of para-hydroxylation sites is 1. The van der Waals surface area contributed by atoms with Crippen molar-refractivity contribution in [2.75, 3.05) is 0 Å². The number of benzene rings is 2. The van der Waals surface area contributed by atoms with E-state index in [0.717, 1.165) is 30.5 Å². The predicted octanol–water partition coefficient (Wildman–Crippen LogP) is 5.43. The molecular weight excluding hydrogens is 403 g/mol. The minimum atomic E-state index is -0.306. The summed E-state index contributed by atoms with van der Waals surface area (Å²) >= 11 is 0. The second kappa shape index (κ2) is 9.11. The SMILES string of the molecule is CCc1c(C)c(C(=O)NC(c2cccc(F)c2)C2CCC2)c(C)n(-c2ccccc2)c1=O. The summed E-state index contributed by atoms with van der Waals surface area (Å²) in [7, 11) is 0. The lowest BCUT2D eigenvalue weighted by Crippen LogP contribution is -2.38. The fourth-order valence-corrected chi connectivity index (χ4v) is 4.78. The van der Waals surface area contributed by atoms with E-state index in [1.54, 1.807) is 10.6 Å². The van der Waals surface area contributed by atoms with Crippen molar-refractivity contribution in [1.82, 2.24) is 9.88 Å². The monoisotopic (exact) mass is 432 g/mol. The number of nitrogens with zero attached hydrogens (tertiary/aromatic N) is 1. The molecule has 1 N–H and O–H groups in total. The van der Waals surface area contributed by atoms with Crippen LogP contribution < -0.4 is 10.9 Å². The number of pyridine rings is 1. The highest BCUT2D eigenvalue weighted by molar-refractivity contribution is 5.97. The van der Waals surface area contributed by atoms with Crippen molar-refractivity contribution in [3.63, 3.8) is 0 Å². The highest BCUT2D eigenvalue weighted by Gasteiger charge is 2.31. The molecule has 1 fully saturated rings. The number of carbonyl (C=O) groups is 1. The highest BCUT2D eigenvalue weighted by atomic mass is 19.1. The predicted molar refractivity (Wildman–Crippen MR) is 125 cm³/mol. The molecular formula is C27H29FN2O2. The average molecular weight is 433 g/mol. The van der Waals surface area contributed by atoms with E-state index >= 15 is 0 Å². The molecule has 1 unspecified atom stereocenters. The first kappa shape index (κ1) is 22.0. The number of nitrogens with one attached hydrogen (secondary N) is 1. The average Bonchev–Trinajstić information content (AvgIpc) is 2.73. The van der Waals surface area contributed by atoms with E-state index in [1.165, 1.54) is 12.1 Å². The Labute approximate surface area is 188 Å². The molecule has 1 aliphatic carbocycles. The van der Waals surface area contributed by atoms with Crippen molar-refractivity contribution in [1.29, 1.82) is 0 Å². The number of hydrogen-bond acceptors (Lipinski definition) is 2. The van der Waals surface area contributed by atoms with E-state index in [2.05, 4.69) is 5.32 Å². The topological polar surface area (TPSA) is 51.1 Å². The van der Waals surface area contributed by atoms with Gasteiger partial charge in [0.15, 0.2) is 0 Å². The van der Waals surface area contributed by atoms with Crippen molar-refractivity contribution in [3.05, 3.63) is 98.7 Å². The molecule has 3 aromatic rings. The Morgan fingerprint density at radius 2 is 1.84 bits per heavy atom. The first-order valence-electron chi connectivity index (χ1n) is 11.3. The van der Waals surface area contributed by atoms with Gasteiger partial charge in [-0.05, 0) is 74.4 Å². The van der Waals surface area contributed by atoms with Crippen molar-refractivity contribution < 1.29 is 9.18 Å². The Hall–Kier alpha value is -3.21. The fourth-order valence-electron chi connectivity index (χ4n) is 4.78. The number of rotatable bonds is 6. The standard InChI is InChI=1S/C27H29FN2O2/c1-4-23-17(2)24(18(3)30(27(23)32)22-14-6-5-7-15-22)26(31)29-25(19-10-8-11-19)20-12-9-13-21(28)16-20/h5-7,9,12-16,19,25H,4,8,10-11H2,1-3H3,(H,29,31). The molecule has 0 bridgehead atoms. The Bertz CT molecular complexity index is 1200. The first-order chi connectivity index (χ1) is 15.4. The van der Waals surface area contributed by atoms with Gasteiger partial charge < -0.3 is 5.32 Å². The van der Waals surface area contributed by atoms with Crippen LogP contribution in [0.4, 0.5) is 4.39 Å². The molecule has 1 saturated carbocycles. The van der Waals surface area contributed by atoms with Crippen molar-refractivity contribution in [2.45, 2.75) is 52.5 Å². The van der Waals surface area contributed by atoms with E-state index < -0.39 is 0 Å². The lowest BCUT2D eigenvalue weighted by molar-refractivity contribution is 0.0898. The van der Waals surface area contributed by atoms with Gasteiger partial charge in [0.05, 0.1) is 11.6 Å². The van der Waals surface area contributed by atoms with E-state index in [9.17, 15) is 14.0 Å². The van der Waals surface area contributed by atoms with Crippen LogP contribution in [-0.4, -0.2) is 10.5 Å². The summed E-state index contributed by atoms with van der Waals surface area (Å²) in [4.78, 5) is 26.9. The smallest absolute Gasteiger partial charge is 0.258 e. The maximum Gasteiger partial charge on any atom is 0.258 e. The molecule has 166 valence electrons. The quantitative estimate of drug-likeness (QED) is 0.565. The van der Waals surface area contributed by atoms with E-state index in [-0.39, 0.29) is 29.2 Å². The van der Waals surface area contributed by atoms with Crippen LogP contribution in [-0.2, 0) is 6.42 Å². The Kier molecular flexibility index (Phi) is 6.26. The third-order valence-corrected chi connectivity index (χ3v) is 6.70. The number of halogens is 1. The molecule has 1 aliphatic rings. The minimum absolute atomic E-state index is 0.0917. The summed E-state index contributed by atoms with van der Waals surface area (Å²) in [6.45, 7) is 5.59. The van der Waals surface area contributed by atoms with Gasteiger partial charge in [-0.3, -0.25) is 14.2 Å². The second-order valence-electron chi connectivity index (χ2n) is 8.59. The van der Waals surface area contributed by atoms with Crippen LogP contribution >= 0.6 is 0 Å². The lowest BCUT2D eigenvalue weighted by Gasteiger charge is -2.35. The molecule has 1 aromatic heterocycles. The number of carbonyl (C=O) groups excluding carboxylic acids is 1. The molecule has 1 atom stereocenters. The fraction of sp³-hybridized carbons (Fsp3) is 0.333. The van der Waals surface area contributed by atoms with Crippen molar-refractivity contribution >= 4 is 5.91 Å². The summed E-state index contributed by atoms with van der Waals surface area (Å²) < 4.78 is 15.6. The second-order valence-corrected chi connectivity index (χ2v) is 8.59. The Balaban J connectivity index is 1.80. The van der Waals surface area contributed by atoms with Crippen LogP contribution in [0, 0.1) is 25.6 Å². The van der Waals surface area contributed by atoms with Crippen LogP contribution in [0.25, 0.3) is 5.69 Å². The molecule has 0 aliphatic heterocycles. The number of aromatic nitrogens is 1. The van der Waals surface area contributed by atoms with Crippen molar-refractivity contribution in [2.24, 2.45) is 5.92 Å². The summed E-state index contributed by atoms with van der Waals surface area (Å²) in [6, 6.07) is 15.6. The van der Waals surface area contributed by atoms with Gasteiger partial charge in [-0.1, -0.05) is 43.7 Å². The van der Waals surface area contributed by atoms with Crippen LogP contribution in [0.3, 0.4) is 0 Å². The van der Waals surface area contributed by atoms with Crippen molar-refractivity contribution in [3.8, 4) is 5.69 Å². The van der Waals surface area contributed by atoms with E-state index in [0.29, 0.717) is 28.8 Å². The van der Waals surface area contributed by atoms with Gasteiger partial charge in [0.1, 0.15) is 5.82 Å². The van der Waals surface area contributed by atoms with Gasteiger partial charge in [-0.15, -0.1) is 0 Å². The molecule has 2 aromatic carbocycles. The van der Waals surface area contributed by atoms with Gasteiger partial charge in [0.2, 0.25) is 0 Å².